The van der Waals surface area contributed by atoms with Crippen molar-refractivity contribution in [2.45, 2.75) is 13.3 Å². The summed E-state index contributed by atoms with van der Waals surface area (Å²) in [6.07, 6.45) is 0.493. The molecule has 1 saturated heterocycles. The molecule has 2 aromatic rings. The van der Waals surface area contributed by atoms with Gasteiger partial charge in [-0.15, -0.1) is 0 Å². The molecule has 1 atom stereocenters. The summed E-state index contributed by atoms with van der Waals surface area (Å²) >= 11 is 1.30. The molecule has 1 amide bonds. The minimum atomic E-state index is 0.0997. The lowest BCUT2D eigenvalue weighted by Crippen LogP contribution is -2.25. The number of methoxy groups -OCH3 is 1. The number of carbonyl (C=O) groups is 2. The molecule has 4 nitrogen and oxygen atoms in total. The van der Waals surface area contributed by atoms with Gasteiger partial charge in [0.2, 0.25) is 5.91 Å². The van der Waals surface area contributed by atoms with Gasteiger partial charge in [-0.05, 0) is 29.7 Å². The first-order valence-corrected chi connectivity index (χ1v) is 9.24. The van der Waals surface area contributed by atoms with Crippen molar-refractivity contribution in [3.05, 3.63) is 48.5 Å². The highest BCUT2D eigenvalue weighted by Crippen LogP contribution is 2.36. The van der Waals surface area contributed by atoms with E-state index in [1.165, 1.54) is 11.8 Å². The van der Waals surface area contributed by atoms with Crippen LogP contribution < -0.4 is 9.64 Å². The maximum Gasteiger partial charge on any atom is 0.227 e. The van der Waals surface area contributed by atoms with Crippen molar-refractivity contribution in [3.8, 4) is 16.9 Å². The fourth-order valence-corrected chi connectivity index (χ4v) is 3.80. The third-order valence-electron chi connectivity index (χ3n) is 4.30. The van der Waals surface area contributed by atoms with Crippen LogP contribution in [-0.2, 0) is 9.59 Å². The molecule has 0 bridgehead atoms. The number of nitrogens with zero attached hydrogens (tertiary/aromatic N) is 1. The molecule has 0 N–H and O–H groups in total. The number of amides is 1. The normalized spacial score (nSPS) is 17.0. The largest absolute Gasteiger partial charge is 0.497 e. The molecule has 1 aliphatic rings. The minimum absolute atomic E-state index is 0.0997. The number of rotatable bonds is 5. The molecule has 25 heavy (non-hydrogen) atoms. The van der Waals surface area contributed by atoms with Crippen LogP contribution >= 0.6 is 11.8 Å². The van der Waals surface area contributed by atoms with Crippen molar-refractivity contribution in [1.29, 1.82) is 0 Å². The van der Waals surface area contributed by atoms with Gasteiger partial charge in [0.15, 0.2) is 5.12 Å². The smallest absolute Gasteiger partial charge is 0.227 e. The van der Waals surface area contributed by atoms with Crippen LogP contribution in [0.25, 0.3) is 11.1 Å². The molecule has 130 valence electrons. The molecular formula is C20H21NO3S. The average Bonchev–Trinajstić information content (AvgIpc) is 3.00. The molecule has 0 aliphatic carbocycles. The Labute approximate surface area is 152 Å². The van der Waals surface area contributed by atoms with Gasteiger partial charge in [0.05, 0.1) is 12.8 Å². The number of ether oxygens (including phenoxy) is 1. The van der Waals surface area contributed by atoms with E-state index in [0.29, 0.717) is 18.7 Å². The Morgan fingerprint density at radius 1 is 1.24 bits per heavy atom. The van der Waals surface area contributed by atoms with Crippen LogP contribution in [0.2, 0.25) is 0 Å². The monoisotopic (exact) mass is 355 g/mol. The van der Waals surface area contributed by atoms with Gasteiger partial charge in [-0.1, -0.05) is 42.1 Å². The summed E-state index contributed by atoms with van der Waals surface area (Å²) < 4.78 is 5.32. The number of para-hydroxylation sites is 1. The van der Waals surface area contributed by atoms with Crippen molar-refractivity contribution in [2.24, 2.45) is 5.92 Å². The van der Waals surface area contributed by atoms with E-state index in [0.717, 1.165) is 22.6 Å². The van der Waals surface area contributed by atoms with Gasteiger partial charge in [0.1, 0.15) is 5.75 Å². The molecule has 2 aromatic carbocycles. The third kappa shape index (κ3) is 4.04. The van der Waals surface area contributed by atoms with Crippen LogP contribution in [0, 0.1) is 5.92 Å². The highest BCUT2D eigenvalue weighted by molar-refractivity contribution is 8.13. The lowest BCUT2D eigenvalue weighted by Gasteiger charge is -2.21. The molecule has 1 fully saturated rings. The number of thioether (sulfide) groups is 1. The Hall–Kier alpha value is -2.27. The SMILES string of the molecule is COc1cccc(-c2ccccc2N2CC(CSC(C)=O)CC2=O)c1. The second-order valence-corrected chi connectivity index (χ2v) is 7.32. The second-order valence-electron chi connectivity index (χ2n) is 6.13. The second kappa shape index (κ2) is 7.74. The maximum absolute atomic E-state index is 12.5. The summed E-state index contributed by atoms with van der Waals surface area (Å²) in [5.41, 5.74) is 2.94. The van der Waals surface area contributed by atoms with Crippen molar-refractivity contribution in [2.75, 3.05) is 24.3 Å². The van der Waals surface area contributed by atoms with Gasteiger partial charge in [0, 0.05) is 31.2 Å². The molecule has 0 spiro atoms. The summed E-state index contributed by atoms with van der Waals surface area (Å²) in [5.74, 6) is 1.80. The summed E-state index contributed by atoms with van der Waals surface area (Å²) in [5, 5.41) is 0.0997. The molecule has 0 radical (unpaired) electrons. The molecular weight excluding hydrogens is 334 g/mol. The maximum atomic E-state index is 12.5. The quantitative estimate of drug-likeness (QED) is 0.813. The van der Waals surface area contributed by atoms with Gasteiger partial charge < -0.3 is 9.64 Å². The van der Waals surface area contributed by atoms with Crippen molar-refractivity contribution < 1.29 is 14.3 Å². The lowest BCUT2D eigenvalue weighted by molar-refractivity contribution is -0.117. The number of hydrogen-bond acceptors (Lipinski definition) is 4. The number of anilines is 1. The topological polar surface area (TPSA) is 46.6 Å². The lowest BCUT2D eigenvalue weighted by atomic mass is 10.0. The zero-order chi connectivity index (χ0) is 17.8. The minimum Gasteiger partial charge on any atom is -0.497 e. The van der Waals surface area contributed by atoms with Crippen molar-refractivity contribution >= 4 is 28.5 Å². The number of hydrogen-bond donors (Lipinski definition) is 0. The predicted octanol–water partition coefficient (Wildman–Crippen LogP) is 3.99. The van der Waals surface area contributed by atoms with Gasteiger partial charge in [-0.3, -0.25) is 9.59 Å². The van der Waals surface area contributed by atoms with E-state index in [2.05, 4.69) is 0 Å². The Morgan fingerprint density at radius 3 is 2.80 bits per heavy atom. The fraction of sp³-hybridized carbons (Fsp3) is 0.300. The third-order valence-corrected chi connectivity index (χ3v) is 5.35. The van der Waals surface area contributed by atoms with E-state index >= 15 is 0 Å². The standard InChI is InChI=1S/C20H21NO3S/c1-14(22)25-13-15-10-20(23)21(12-15)19-9-4-3-8-18(19)16-6-5-7-17(11-16)24-2/h3-9,11,15H,10,12-13H2,1-2H3. The Kier molecular flexibility index (Phi) is 5.43. The van der Waals surface area contributed by atoms with Gasteiger partial charge in [-0.2, -0.15) is 0 Å². The first kappa shape index (κ1) is 17.5. The van der Waals surface area contributed by atoms with Crippen LogP contribution in [0.15, 0.2) is 48.5 Å². The van der Waals surface area contributed by atoms with E-state index in [-0.39, 0.29) is 16.9 Å². The first-order chi connectivity index (χ1) is 12.1. The Bertz CT molecular complexity index is 790. The molecule has 0 saturated carbocycles. The molecule has 0 aromatic heterocycles. The summed E-state index contributed by atoms with van der Waals surface area (Å²) in [6, 6.07) is 15.8. The van der Waals surface area contributed by atoms with Crippen LogP contribution in [0.5, 0.6) is 5.75 Å². The first-order valence-electron chi connectivity index (χ1n) is 8.25. The average molecular weight is 355 g/mol. The summed E-state index contributed by atoms with van der Waals surface area (Å²) in [6.45, 7) is 2.22. The van der Waals surface area contributed by atoms with Crippen molar-refractivity contribution in [1.82, 2.24) is 0 Å². The number of carbonyl (C=O) groups excluding carboxylic acids is 2. The van der Waals surface area contributed by atoms with Crippen LogP contribution in [0.4, 0.5) is 5.69 Å². The van der Waals surface area contributed by atoms with Crippen LogP contribution in [-0.4, -0.2) is 30.4 Å². The molecule has 1 aliphatic heterocycles. The predicted molar refractivity (Wildman–Crippen MR) is 102 cm³/mol. The molecule has 5 heteroatoms. The van der Waals surface area contributed by atoms with E-state index in [4.69, 9.17) is 4.74 Å². The molecule has 3 rings (SSSR count). The molecule has 1 unspecified atom stereocenters. The fourth-order valence-electron chi connectivity index (χ4n) is 3.10. The zero-order valence-corrected chi connectivity index (χ0v) is 15.2. The number of benzene rings is 2. The van der Waals surface area contributed by atoms with Gasteiger partial charge >= 0.3 is 0 Å². The zero-order valence-electron chi connectivity index (χ0n) is 14.4. The van der Waals surface area contributed by atoms with E-state index in [1.54, 1.807) is 14.0 Å². The van der Waals surface area contributed by atoms with E-state index in [1.807, 2.05) is 53.4 Å². The highest BCUT2D eigenvalue weighted by atomic mass is 32.2. The molecule has 1 heterocycles. The Morgan fingerprint density at radius 2 is 2.04 bits per heavy atom. The van der Waals surface area contributed by atoms with Crippen LogP contribution in [0.1, 0.15) is 13.3 Å². The highest BCUT2D eigenvalue weighted by Gasteiger charge is 2.32. The van der Waals surface area contributed by atoms with E-state index < -0.39 is 0 Å². The van der Waals surface area contributed by atoms with Gasteiger partial charge in [-0.25, -0.2) is 0 Å². The van der Waals surface area contributed by atoms with Gasteiger partial charge in [0.25, 0.3) is 0 Å². The van der Waals surface area contributed by atoms with E-state index in [9.17, 15) is 9.59 Å². The summed E-state index contributed by atoms with van der Waals surface area (Å²) in [4.78, 5) is 25.6. The van der Waals surface area contributed by atoms with Crippen LogP contribution in [0.3, 0.4) is 0 Å². The van der Waals surface area contributed by atoms with Crippen molar-refractivity contribution in [3.63, 3.8) is 0 Å². The summed E-state index contributed by atoms with van der Waals surface area (Å²) in [7, 11) is 1.65. The Balaban J connectivity index is 1.88.